The fourth-order valence-corrected chi connectivity index (χ4v) is 3.66. The van der Waals surface area contributed by atoms with Gasteiger partial charge in [0, 0.05) is 28.7 Å². The molecule has 2 N–H and O–H groups in total. The van der Waals surface area contributed by atoms with Crippen molar-refractivity contribution in [3.05, 3.63) is 23.3 Å². The van der Waals surface area contributed by atoms with Crippen molar-refractivity contribution in [1.82, 2.24) is 9.97 Å². The number of nitrogens with zero attached hydrogens (tertiary/aromatic N) is 2. The summed E-state index contributed by atoms with van der Waals surface area (Å²) in [4.78, 5) is 9.00. The van der Waals surface area contributed by atoms with E-state index in [1.165, 1.54) is 32.1 Å². The molecule has 0 aromatic carbocycles. The van der Waals surface area contributed by atoms with Gasteiger partial charge in [0.2, 0.25) is 0 Å². The van der Waals surface area contributed by atoms with Gasteiger partial charge in [0.25, 0.3) is 0 Å². The molecular formula is C14H23N3S. The van der Waals surface area contributed by atoms with E-state index in [9.17, 15) is 0 Å². The Morgan fingerprint density at radius 2 is 2.11 bits per heavy atom. The Bertz CT molecular complexity index is 387. The third-order valence-corrected chi connectivity index (χ3v) is 4.93. The zero-order valence-corrected chi connectivity index (χ0v) is 12.2. The number of thioether (sulfide) groups is 1. The lowest BCUT2D eigenvalue weighted by molar-refractivity contribution is 0.516. The van der Waals surface area contributed by atoms with Gasteiger partial charge in [-0.2, -0.15) is 11.8 Å². The van der Waals surface area contributed by atoms with Crippen LogP contribution in [0.1, 0.15) is 62.2 Å². The zero-order chi connectivity index (χ0) is 13.0. The lowest BCUT2D eigenvalue weighted by Gasteiger charge is -2.20. The van der Waals surface area contributed by atoms with Crippen LogP contribution in [-0.4, -0.2) is 15.2 Å². The molecule has 0 aliphatic heterocycles. The molecule has 1 heterocycles. The van der Waals surface area contributed by atoms with Gasteiger partial charge >= 0.3 is 0 Å². The average Bonchev–Trinajstić information content (AvgIpc) is 2.37. The monoisotopic (exact) mass is 265 g/mol. The predicted octanol–water partition coefficient (Wildman–Crippen LogP) is 3.37. The highest BCUT2D eigenvalue weighted by Gasteiger charge is 2.14. The van der Waals surface area contributed by atoms with Crippen molar-refractivity contribution in [3.8, 4) is 0 Å². The highest BCUT2D eigenvalue weighted by molar-refractivity contribution is 7.99. The first-order valence-electron chi connectivity index (χ1n) is 6.86. The molecule has 18 heavy (non-hydrogen) atoms. The zero-order valence-electron chi connectivity index (χ0n) is 11.4. The fraction of sp³-hybridized carbons (Fsp3) is 0.714. The normalized spacial score (nSPS) is 18.8. The Morgan fingerprint density at radius 3 is 2.72 bits per heavy atom. The summed E-state index contributed by atoms with van der Waals surface area (Å²) in [6, 6.07) is 0.0186. The summed E-state index contributed by atoms with van der Waals surface area (Å²) < 4.78 is 0. The SMILES string of the molecule is Cc1nc(CSC2CCCCC2)ncc1C(C)N. The summed E-state index contributed by atoms with van der Waals surface area (Å²) in [5.74, 6) is 1.89. The van der Waals surface area contributed by atoms with Crippen LogP contribution < -0.4 is 5.73 Å². The first-order valence-corrected chi connectivity index (χ1v) is 7.91. The van der Waals surface area contributed by atoms with Crippen LogP contribution in [0.25, 0.3) is 0 Å². The Balaban J connectivity index is 1.91. The van der Waals surface area contributed by atoms with Crippen LogP contribution in [0.2, 0.25) is 0 Å². The maximum Gasteiger partial charge on any atom is 0.138 e. The third kappa shape index (κ3) is 3.69. The van der Waals surface area contributed by atoms with Crippen LogP contribution in [0.3, 0.4) is 0 Å². The third-order valence-electron chi connectivity index (χ3n) is 3.56. The van der Waals surface area contributed by atoms with Crippen molar-refractivity contribution < 1.29 is 0 Å². The number of hydrogen-bond acceptors (Lipinski definition) is 4. The van der Waals surface area contributed by atoms with Crippen LogP contribution in [0.4, 0.5) is 0 Å². The molecule has 0 saturated heterocycles. The molecule has 0 amide bonds. The molecule has 1 aliphatic carbocycles. The Morgan fingerprint density at radius 1 is 1.39 bits per heavy atom. The number of aromatic nitrogens is 2. The van der Waals surface area contributed by atoms with E-state index in [0.29, 0.717) is 0 Å². The topological polar surface area (TPSA) is 51.8 Å². The fourth-order valence-electron chi connectivity index (χ4n) is 2.47. The van der Waals surface area contributed by atoms with Gasteiger partial charge in [-0.1, -0.05) is 19.3 Å². The van der Waals surface area contributed by atoms with Crippen molar-refractivity contribution in [2.75, 3.05) is 0 Å². The van der Waals surface area contributed by atoms with Crippen molar-refractivity contribution >= 4 is 11.8 Å². The summed E-state index contributed by atoms with van der Waals surface area (Å²) in [6.07, 6.45) is 8.81. The van der Waals surface area contributed by atoms with Crippen LogP contribution in [0.15, 0.2) is 6.20 Å². The van der Waals surface area contributed by atoms with Crippen molar-refractivity contribution in [2.45, 2.75) is 63.0 Å². The quantitative estimate of drug-likeness (QED) is 0.907. The predicted molar refractivity (Wildman–Crippen MR) is 77.5 cm³/mol. The number of hydrogen-bond donors (Lipinski definition) is 1. The summed E-state index contributed by atoms with van der Waals surface area (Å²) in [6.45, 7) is 4.00. The molecule has 100 valence electrons. The van der Waals surface area contributed by atoms with Crippen LogP contribution in [0.5, 0.6) is 0 Å². The maximum atomic E-state index is 5.87. The second-order valence-corrected chi connectivity index (χ2v) is 6.48. The van der Waals surface area contributed by atoms with E-state index in [4.69, 9.17) is 5.73 Å². The van der Waals surface area contributed by atoms with Crippen LogP contribution in [-0.2, 0) is 5.75 Å². The van der Waals surface area contributed by atoms with E-state index in [-0.39, 0.29) is 6.04 Å². The van der Waals surface area contributed by atoms with Gasteiger partial charge in [-0.15, -0.1) is 0 Å². The average molecular weight is 265 g/mol. The van der Waals surface area contributed by atoms with E-state index in [1.807, 2.05) is 31.8 Å². The van der Waals surface area contributed by atoms with Crippen molar-refractivity contribution in [3.63, 3.8) is 0 Å². The van der Waals surface area contributed by atoms with Gasteiger partial charge in [-0.05, 0) is 26.7 Å². The lowest BCUT2D eigenvalue weighted by Crippen LogP contribution is -2.11. The number of aryl methyl sites for hydroxylation is 1. The van der Waals surface area contributed by atoms with Crippen LogP contribution in [0, 0.1) is 6.92 Å². The molecule has 1 aromatic rings. The summed E-state index contributed by atoms with van der Waals surface area (Å²) in [5, 5.41) is 0.816. The Labute approximate surface area is 114 Å². The molecule has 0 radical (unpaired) electrons. The van der Waals surface area contributed by atoms with Gasteiger partial charge in [0.1, 0.15) is 5.82 Å². The van der Waals surface area contributed by atoms with Gasteiger partial charge in [0.05, 0.1) is 5.75 Å². The highest BCUT2D eigenvalue weighted by atomic mass is 32.2. The first kappa shape index (κ1) is 13.8. The van der Waals surface area contributed by atoms with E-state index < -0.39 is 0 Å². The van der Waals surface area contributed by atoms with Gasteiger partial charge < -0.3 is 5.73 Å². The molecule has 1 fully saturated rings. The molecule has 4 heteroatoms. The second kappa shape index (κ2) is 6.53. The first-order chi connectivity index (χ1) is 8.66. The van der Waals surface area contributed by atoms with Crippen molar-refractivity contribution in [1.29, 1.82) is 0 Å². The second-order valence-electron chi connectivity index (χ2n) is 5.19. The highest BCUT2D eigenvalue weighted by Crippen LogP contribution is 2.29. The minimum atomic E-state index is 0.0186. The maximum absolute atomic E-state index is 5.87. The Hall–Kier alpha value is -0.610. The largest absolute Gasteiger partial charge is 0.324 e. The van der Waals surface area contributed by atoms with Crippen molar-refractivity contribution in [2.24, 2.45) is 5.73 Å². The molecule has 0 spiro atoms. The minimum Gasteiger partial charge on any atom is -0.324 e. The van der Waals surface area contributed by atoms with Gasteiger partial charge in [-0.3, -0.25) is 0 Å². The van der Waals surface area contributed by atoms with E-state index in [2.05, 4.69) is 9.97 Å². The number of nitrogens with two attached hydrogens (primary N) is 1. The molecule has 1 atom stereocenters. The molecule has 1 aliphatic rings. The summed E-state index contributed by atoms with van der Waals surface area (Å²) >= 11 is 2.02. The lowest BCUT2D eigenvalue weighted by atomic mass is 10.0. The van der Waals surface area contributed by atoms with Crippen LogP contribution >= 0.6 is 11.8 Å². The number of rotatable bonds is 4. The molecule has 1 saturated carbocycles. The van der Waals surface area contributed by atoms with Gasteiger partial charge in [-0.25, -0.2) is 9.97 Å². The molecule has 2 rings (SSSR count). The Kier molecular flexibility index (Phi) is 5.01. The summed E-state index contributed by atoms with van der Waals surface area (Å²) in [5.41, 5.74) is 7.95. The molecule has 1 aromatic heterocycles. The molecule has 1 unspecified atom stereocenters. The molecular weight excluding hydrogens is 242 g/mol. The van der Waals surface area contributed by atoms with E-state index in [0.717, 1.165) is 28.1 Å². The van der Waals surface area contributed by atoms with E-state index in [1.54, 1.807) is 0 Å². The standard InChI is InChI=1S/C14H23N3S/c1-10(15)13-8-16-14(17-11(13)2)9-18-12-6-4-3-5-7-12/h8,10,12H,3-7,9,15H2,1-2H3. The summed E-state index contributed by atoms with van der Waals surface area (Å²) in [7, 11) is 0. The molecule has 0 bridgehead atoms. The van der Waals surface area contributed by atoms with Gasteiger partial charge in [0.15, 0.2) is 0 Å². The minimum absolute atomic E-state index is 0.0186. The smallest absolute Gasteiger partial charge is 0.138 e. The van der Waals surface area contributed by atoms with E-state index >= 15 is 0 Å². The molecule has 3 nitrogen and oxygen atoms in total.